The van der Waals surface area contributed by atoms with Crippen molar-refractivity contribution in [1.82, 2.24) is 5.06 Å². The van der Waals surface area contributed by atoms with Crippen LogP contribution in [0.15, 0.2) is 0 Å². The molecule has 1 fully saturated rings. The van der Waals surface area contributed by atoms with Crippen LogP contribution < -0.4 is 0 Å². The van der Waals surface area contributed by atoms with Gasteiger partial charge in [-0.25, -0.2) is 0 Å². The summed E-state index contributed by atoms with van der Waals surface area (Å²) in [5.74, 6) is 0.272. The van der Waals surface area contributed by atoms with E-state index in [0.717, 1.165) is 6.54 Å². The lowest BCUT2D eigenvalue weighted by atomic mass is 10.2. The fourth-order valence-electron chi connectivity index (χ4n) is 1.07. The maximum absolute atomic E-state index is 10.8. The number of nitrogens with zero attached hydrogens (tertiary/aromatic N) is 1. The highest BCUT2D eigenvalue weighted by atomic mass is 16.7. The van der Waals surface area contributed by atoms with Gasteiger partial charge in [0.15, 0.2) is 5.78 Å². The lowest BCUT2D eigenvalue weighted by Crippen LogP contribution is -2.32. The highest BCUT2D eigenvalue weighted by Gasteiger charge is 2.24. The van der Waals surface area contributed by atoms with E-state index in [-0.39, 0.29) is 11.4 Å². The summed E-state index contributed by atoms with van der Waals surface area (Å²) in [6.45, 7) is 7.15. The quantitative estimate of drug-likeness (QED) is 0.568. The van der Waals surface area contributed by atoms with Crippen LogP contribution >= 0.6 is 0 Å². The Bertz CT molecular complexity index is 160. The number of carbonyl (C=O) groups is 1. The maximum Gasteiger partial charge on any atom is 0.150 e. The lowest BCUT2D eigenvalue weighted by Gasteiger charge is -2.25. The van der Waals surface area contributed by atoms with E-state index in [1.165, 1.54) is 0 Å². The first-order valence-corrected chi connectivity index (χ1v) is 3.93. The zero-order valence-electron chi connectivity index (χ0n) is 7.39. The first kappa shape index (κ1) is 8.68. The Morgan fingerprint density at radius 2 is 2.09 bits per heavy atom. The minimum Gasteiger partial charge on any atom is -0.298 e. The molecule has 0 atom stereocenters. The molecule has 0 radical (unpaired) electrons. The molecule has 3 nitrogen and oxygen atoms in total. The number of hydroxylamine groups is 2. The molecule has 11 heavy (non-hydrogen) atoms. The fraction of sp³-hybridized carbons (Fsp3) is 0.875. The summed E-state index contributed by atoms with van der Waals surface area (Å²) in [7, 11) is 0. The second-order valence-corrected chi connectivity index (χ2v) is 3.86. The normalized spacial score (nSPS) is 21.2. The first-order valence-electron chi connectivity index (χ1n) is 3.93. The molecule has 3 heteroatoms. The van der Waals surface area contributed by atoms with Gasteiger partial charge in [-0.15, -0.1) is 0 Å². The van der Waals surface area contributed by atoms with Gasteiger partial charge in [-0.05, 0) is 20.8 Å². The predicted molar refractivity (Wildman–Crippen MR) is 42.0 cm³/mol. The Hall–Kier alpha value is -0.410. The fourth-order valence-corrected chi connectivity index (χ4v) is 1.07. The van der Waals surface area contributed by atoms with E-state index in [2.05, 4.69) is 0 Å². The van der Waals surface area contributed by atoms with E-state index in [0.29, 0.717) is 13.0 Å². The molecule has 0 bridgehead atoms. The summed E-state index contributed by atoms with van der Waals surface area (Å²) in [6, 6.07) is 0. The zero-order valence-corrected chi connectivity index (χ0v) is 7.39. The number of rotatable bonds is 1. The molecule has 0 aromatic carbocycles. The Kier molecular flexibility index (Phi) is 2.30. The van der Waals surface area contributed by atoms with Crippen LogP contribution in [0, 0.1) is 0 Å². The number of carbonyl (C=O) groups excluding carboxylic acids is 1. The number of hydrogen-bond donors (Lipinski definition) is 0. The van der Waals surface area contributed by atoms with Crippen LogP contribution in [0.5, 0.6) is 0 Å². The van der Waals surface area contributed by atoms with E-state index in [1.54, 1.807) is 5.06 Å². The summed E-state index contributed by atoms with van der Waals surface area (Å²) in [5, 5.41) is 1.74. The standard InChI is InChI=1S/C8H15NO2/c1-8(2,3)11-9-5-4-7(10)6-9/h4-6H2,1-3H3. The molecule has 64 valence electrons. The topological polar surface area (TPSA) is 29.5 Å². The van der Waals surface area contributed by atoms with Crippen LogP contribution in [0.2, 0.25) is 0 Å². The summed E-state index contributed by atoms with van der Waals surface area (Å²) in [6.07, 6.45) is 0.635. The van der Waals surface area contributed by atoms with Crippen LogP contribution in [-0.4, -0.2) is 29.5 Å². The van der Waals surface area contributed by atoms with Crippen molar-refractivity contribution in [3.05, 3.63) is 0 Å². The highest BCUT2D eigenvalue weighted by molar-refractivity contribution is 5.82. The van der Waals surface area contributed by atoms with Crippen molar-refractivity contribution in [1.29, 1.82) is 0 Å². The molecule has 0 unspecified atom stereocenters. The highest BCUT2D eigenvalue weighted by Crippen LogP contribution is 2.13. The molecular weight excluding hydrogens is 142 g/mol. The third-order valence-electron chi connectivity index (χ3n) is 1.40. The van der Waals surface area contributed by atoms with Crippen LogP contribution in [0.3, 0.4) is 0 Å². The van der Waals surface area contributed by atoms with E-state index < -0.39 is 0 Å². The monoisotopic (exact) mass is 157 g/mol. The summed E-state index contributed by atoms with van der Waals surface area (Å²) >= 11 is 0. The largest absolute Gasteiger partial charge is 0.298 e. The number of ketones is 1. The Labute approximate surface area is 67.3 Å². The second kappa shape index (κ2) is 2.91. The minimum atomic E-state index is -0.176. The van der Waals surface area contributed by atoms with Gasteiger partial charge in [-0.1, -0.05) is 0 Å². The van der Waals surface area contributed by atoms with Crippen molar-refractivity contribution in [2.75, 3.05) is 13.1 Å². The third kappa shape index (κ3) is 2.99. The van der Waals surface area contributed by atoms with Crippen molar-refractivity contribution in [2.24, 2.45) is 0 Å². The molecule has 1 heterocycles. The molecular formula is C8H15NO2. The zero-order chi connectivity index (χ0) is 8.48. The van der Waals surface area contributed by atoms with E-state index in [1.807, 2.05) is 20.8 Å². The van der Waals surface area contributed by atoms with Gasteiger partial charge in [0.2, 0.25) is 0 Å². The molecule has 0 aromatic rings. The summed E-state index contributed by atoms with van der Waals surface area (Å²) in [5.41, 5.74) is -0.176. The average molecular weight is 157 g/mol. The molecule has 1 aliphatic rings. The minimum absolute atomic E-state index is 0.176. The van der Waals surface area contributed by atoms with Gasteiger partial charge in [-0.2, -0.15) is 5.06 Å². The van der Waals surface area contributed by atoms with Gasteiger partial charge in [0, 0.05) is 13.0 Å². The third-order valence-corrected chi connectivity index (χ3v) is 1.40. The van der Waals surface area contributed by atoms with Crippen molar-refractivity contribution in [3.63, 3.8) is 0 Å². The van der Waals surface area contributed by atoms with Gasteiger partial charge < -0.3 is 0 Å². The smallest absolute Gasteiger partial charge is 0.150 e. The molecule has 1 saturated heterocycles. The van der Waals surface area contributed by atoms with Crippen LogP contribution in [0.25, 0.3) is 0 Å². The first-order chi connectivity index (χ1) is 4.97. The van der Waals surface area contributed by atoms with Crippen molar-refractivity contribution in [3.8, 4) is 0 Å². The molecule has 0 aliphatic carbocycles. The predicted octanol–water partition coefficient (Wildman–Crippen LogP) is 0.991. The van der Waals surface area contributed by atoms with Gasteiger partial charge in [-0.3, -0.25) is 9.63 Å². The summed E-state index contributed by atoms with van der Waals surface area (Å²) < 4.78 is 0. The Balaban J connectivity index is 2.34. The van der Waals surface area contributed by atoms with Gasteiger partial charge >= 0.3 is 0 Å². The number of hydrogen-bond acceptors (Lipinski definition) is 3. The molecule has 0 spiro atoms. The summed E-state index contributed by atoms with van der Waals surface area (Å²) in [4.78, 5) is 16.3. The van der Waals surface area contributed by atoms with Crippen molar-refractivity contribution in [2.45, 2.75) is 32.8 Å². The maximum atomic E-state index is 10.8. The van der Waals surface area contributed by atoms with E-state index >= 15 is 0 Å². The van der Waals surface area contributed by atoms with E-state index in [4.69, 9.17) is 4.84 Å². The van der Waals surface area contributed by atoms with Gasteiger partial charge in [0.25, 0.3) is 0 Å². The van der Waals surface area contributed by atoms with Crippen molar-refractivity contribution >= 4 is 5.78 Å². The molecule has 1 aliphatic heterocycles. The number of Topliss-reactive ketones (excluding diaryl/α,β-unsaturated/α-hetero) is 1. The lowest BCUT2D eigenvalue weighted by molar-refractivity contribution is -0.215. The van der Waals surface area contributed by atoms with Crippen LogP contribution in [0.1, 0.15) is 27.2 Å². The van der Waals surface area contributed by atoms with Gasteiger partial charge in [0.1, 0.15) is 0 Å². The molecule has 0 saturated carbocycles. The second-order valence-electron chi connectivity index (χ2n) is 3.86. The Morgan fingerprint density at radius 3 is 2.45 bits per heavy atom. The molecule has 0 aromatic heterocycles. The molecule has 0 N–H and O–H groups in total. The van der Waals surface area contributed by atoms with Crippen LogP contribution in [0.4, 0.5) is 0 Å². The molecule has 0 amide bonds. The van der Waals surface area contributed by atoms with Crippen molar-refractivity contribution < 1.29 is 9.63 Å². The van der Waals surface area contributed by atoms with Crippen LogP contribution in [-0.2, 0) is 9.63 Å². The molecule has 1 rings (SSSR count). The van der Waals surface area contributed by atoms with Gasteiger partial charge in [0.05, 0.1) is 12.1 Å². The average Bonchev–Trinajstić information content (AvgIpc) is 2.10. The Morgan fingerprint density at radius 1 is 1.45 bits per heavy atom. The SMILES string of the molecule is CC(C)(C)ON1CCC(=O)C1. The van der Waals surface area contributed by atoms with E-state index in [9.17, 15) is 4.79 Å².